The van der Waals surface area contributed by atoms with Crippen LogP contribution in [0, 0.1) is 11.6 Å². The average molecular weight is 349 g/mol. The maximum Gasteiger partial charge on any atom is 0.356 e. The largest absolute Gasteiger partial charge is 0.492 e. The van der Waals surface area contributed by atoms with Crippen molar-refractivity contribution in [3.05, 3.63) is 39.6 Å². The Morgan fingerprint density at radius 1 is 1.32 bits per heavy atom. The highest BCUT2D eigenvalue weighted by molar-refractivity contribution is 6.37. The van der Waals surface area contributed by atoms with Gasteiger partial charge in [-0.05, 0) is 0 Å². The number of carbonyl (C=O) groups is 1. The summed E-state index contributed by atoms with van der Waals surface area (Å²) in [5.74, 6) is -3.79. The molecule has 9 heteroatoms. The molecule has 0 bridgehead atoms. The molecule has 1 heterocycles. The lowest BCUT2D eigenvalue weighted by Gasteiger charge is -2.14. The molecule has 1 aromatic heterocycles. The van der Waals surface area contributed by atoms with E-state index in [-0.39, 0.29) is 32.6 Å². The SMILES string of the molecule is COc1c(F)cc(F)c(-c2cnc(C(=O)O)c(Cl)c2N)c1Cl. The first-order valence-electron chi connectivity index (χ1n) is 5.68. The smallest absolute Gasteiger partial charge is 0.356 e. The van der Waals surface area contributed by atoms with Gasteiger partial charge in [0.25, 0.3) is 0 Å². The van der Waals surface area contributed by atoms with E-state index >= 15 is 0 Å². The van der Waals surface area contributed by atoms with E-state index in [9.17, 15) is 13.6 Å². The second-order valence-corrected chi connectivity index (χ2v) is 4.87. The fourth-order valence-corrected chi connectivity index (χ4v) is 2.45. The van der Waals surface area contributed by atoms with Crippen molar-refractivity contribution in [2.45, 2.75) is 0 Å². The van der Waals surface area contributed by atoms with Gasteiger partial charge in [-0.3, -0.25) is 0 Å². The van der Waals surface area contributed by atoms with Crippen LogP contribution in [0.2, 0.25) is 10.0 Å². The number of nitrogens with two attached hydrogens (primary N) is 1. The molecule has 5 nitrogen and oxygen atoms in total. The molecular weight excluding hydrogens is 341 g/mol. The van der Waals surface area contributed by atoms with Crippen molar-refractivity contribution in [3.8, 4) is 16.9 Å². The highest BCUT2D eigenvalue weighted by Crippen LogP contribution is 2.42. The lowest BCUT2D eigenvalue weighted by molar-refractivity contribution is 0.0691. The average Bonchev–Trinajstić information content (AvgIpc) is 2.43. The minimum Gasteiger partial charge on any atom is -0.492 e. The molecule has 0 atom stereocenters. The number of hydrogen-bond acceptors (Lipinski definition) is 4. The number of carboxylic acids is 1. The molecule has 0 aliphatic rings. The summed E-state index contributed by atoms with van der Waals surface area (Å²) in [6, 6.07) is 0.568. The van der Waals surface area contributed by atoms with Crippen molar-refractivity contribution in [2.75, 3.05) is 12.8 Å². The summed E-state index contributed by atoms with van der Waals surface area (Å²) in [6.45, 7) is 0. The van der Waals surface area contributed by atoms with Gasteiger partial charge in [0, 0.05) is 23.4 Å². The lowest BCUT2D eigenvalue weighted by atomic mass is 10.0. The van der Waals surface area contributed by atoms with Crippen LogP contribution in [-0.2, 0) is 0 Å². The van der Waals surface area contributed by atoms with Crippen LogP contribution in [-0.4, -0.2) is 23.2 Å². The van der Waals surface area contributed by atoms with Gasteiger partial charge in [-0.25, -0.2) is 18.6 Å². The molecule has 22 heavy (non-hydrogen) atoms. The number of pyridine rings is 1. The van der Waals surface area contributed by atoms with Crippen LogP contribution in [0.25, 0.3) is 11.1 Å². The molecule has 0 aliphatic heterocycles. The molecular formula is C13H8Cl2F2N2O3. The molecule has 0 radical (unpaired) electrons. The highest BCUT2D eigenvalue weighted by atomic mass is 35.5. The van der Waals surface area contributed by atoms with Gasteiger partial charge in [0.2, 0.25) is 0 Å². The van der Waals surface area contributed by atoms with Gasteiger partial charge < -0.3 is 15.6 Å². The third kappa shape index (κ3) is 2.53. The standard InChI is InChI=1S/C13H8Cl2F2N2O3/c1-22-12-6(17)2-5(16)7(8(12)14)4-3-19-11(13(20)21)9(15)10(4)18/h2-3H,1H3,(H2,18,19)(H,20,21). The number of hydrogen-bond donors (Lipinski definition) is 2. The van der Waals surface area contributed by atoms with Crippen LogP contribution in [0.4, 0.5) is 14.5 Å². The number of anilines is 1. The van der Waals surface area contributed by atoms with Gasteiger partial charge in [0.15, 0.2) is 17.3 Å². The zero-order valence-electron chi connectivity index (χ0n) is 11.0. The van der Waals surface area contributed by atoms with Crippen LogP contribution >= 0.6 is 23.2 Å². The van der Waals surface area contributed by atoms with Gasteiger partial charge in [-0.1, -0.05) is 23.2 Å². The van der Waals surface area contributed by atoms with E-state index in [1.807, 2.05) is 0 Å². The number of aromatic carboxylic acids is 1. The molecule has 2 rings (SSSR count). The van der Waals surface area contributed by atoms with Crippen LogP contribution in [0.1, 0.15) is 10.5 Å². The fraction of sp³-hybridized carbons (Fsp3) is 0.0769. The van der Waals surface area contributed by atoms with Crippen molar-refractivity contribution in [1.29, 1.82) is 0 Å². The maximum absolute atomic E-state index is 14.1. The molecule has 3 N–H and O–H groups in total. The quantitative estimate of drug-likeness (QED) is 0.884. The van der Waals surface area contributed by atoms with Gasteiger partial charge in [0.05, 0.1) is 22.8 Å². The van der Waals surface area contributed by atoms with E-state index in [4.69, 9.17) is 38.8 Å². The number of ether oxygens (including phenoxy) is 1. The molecule has 1 aromatic carbocycles. The molecule has 0 unspecified atom stereocenters. The molecule has 0 fully saturated rings. The summed E-state index contributed by atoms with van der Waals surface area (Å²) >= 11 is 11.7. The summed E-state index contributed by atoms with van der Waals surface area (Å²) in [7, 11) is 1.16. The molecule has 0 saturated heterocycles. The lowest BCUT2D eigenvalue weighted by Crippen LogP contribution is -2.06. The Morgan fingerprint density at radius 3 is 2.50 bits per heavy atom. The predicted molar refractivity (Wildman–Crippen MR) is 77.5 cm³/mol. The van der Waals surface area contributed by atoms with Crippen molar-refractivity contribution in [1.82, 2.24) is 4.98 Å². The summed E-state index contributed by atoms with van der Waals surface area (Å²) in [5.41, 5.74) is 4.63. The van der Waals surface area contributed by atoms with Gasteiger partial charge in [-0.2, -0.15) is 0 Å². The molecule has 116 valence electrons. The Balaban J connectivity index is 2.78. The van der Waals surface area contributed by atoms with Gasteiger partial charge in [0.1, 0.15) is 5.82 Å². The molecule has 0 saturated carbocycles. The summed E-state index contributed by atoms with van der Waals surface area (Å²) < 4.78 is 32.4. The topological polar surface area (TPSA) is 85.4 Å². The number of benzene rings is 1. The zero-order valence-corrected chi connectivity index (χ0v) is 12.5. The van der Waals surface area contributed by atoms with Crippen LogP contribution in [0.15, 0.2) is 12.3 Å². The first-order valence-corrected chi connectivity index (χ1v) is 6.44. The highest BCUT2D eigenvalue weighted by Gasteiger charge is 2.24. The van der Waals surface area contributed by atoms with Crippen LogP contribution in [0.3, 0.4) is 0 Å². The molecule has 0 amide bonds. The van der Waals surface area contributed by atoms with Crippen molar-refractivity contribution in [3.63, 3.8) is 0 Å². The van der Waals surface area contributed by atoms with Crippen molar-refractivity contribution < 1.29 is 23.4 Å². The van der Waals surface area contributed by atoms with E-state index < -0.39 is 23.3 Å². The number of rotatable bonds is 3. The zero-order chi connectivity index (χ0) is 16.6. The van der Waals surface area contributed by atoms with E-state index in [0.29, 0.717) is 6.07 Å². The third-order valence-electron chi connectivity index (χ3n) is 2.86. The molecule has 0 aliphatic carbocycles. The maximum atomic E-state index is 14.1. The Labute approximate surface area is 133 Å². The number of nitrogens with zero attached hydrogens (tertiary/aromatic N) is 1. The first kappa shape index (κ1) is 16.3. The van der Waals surface area contributed by atoms with Crippen LogP contribution in [0.5, 0.6) is 5.75 Å². The number of nitrogen functional groups attached to an aromatic ring is 1. The third-order valence-corrected chi connectivity index (χ3v) is 3.60. The second-order valence-electron chi connectivity index (χ2n) is 4.12. The normalized spacial score (nSPS) is 10.6. The van der Waals surface area contributed by atoms with E-state index in [1.165, 1.54) is 0 Å². The number of aromatic nitrogens is 1. The molecule has 2 aromatic rings. The minimum atomic E-state index is -1.40. The Kier molecular flexibility index (Phi) is 4.39. The monoisotopic (exact) mass is 348 g/mol. The summed E-state index contributed by atoms with van der Waals surface area (Å²) in [4.78, 5) is 14.5. The fourth-order valence-electron chi connectivity index (χ4n) is 1.86. The van der Waals surface area contributed by atoms with E-state index in [1.54, 1.807) is 0 Å². The number of halogens is 4. The summed E-state index contributed by atoms with van der Waals surface area (Å²) in [5, 5.41) is 8.17. The molecule has 0 spiro atoms. The second kappa shape index (κ2) is 5.94. The van der Waals surface area contributed by atoms with Gasteiger partial charge in [-0.15, -0.1) is 0 Å². The Morgan fingerprint density at radius 2 is 1.95 bits per heavy atom. The Bertz CT molecular complexity index is 785. The van der Waals surface area contributed by atoms with E-state index in [2.05, 4.69) is 4.98 Å². The minimum absolute atomic E-state index is 0.0733. The number of methoxy groups -OCH3 is 1. The first-order chi connectivity index (χ1) is 10.3. The van der Waals surface area contributed by atoms with Gasteiger partial charge >= 0.3 is 5.97 Å². The van der Waals surface area contributed by atoms with E-state index in [0.717, 1.165) is 13.3 Å². The Hall–Kier alpha value is -2.12. The predicted octanol–water partition coefficient (Wildman–Crippen LogP) is 3.62. The van der Waals surface area contributed by atoms with Crippen molar-refractivity contribution >= 4 is 34.9 Å². The summed E-state index contributed by atoms with van der Waals surface area (Å²) in [6.07, 6.45) is 0.992. The number of carboxylic acid groups (broad SMARTS) is 1. The van der Waals surface area contributed by atoms with Crippen molar-refractivity contribution in [2.24, 2.45) is 0 Å². The van der Waals surface area contributed by atoms with Crippen LogP contribution < -0.4 is 10.5 Å².